The Bertz CT molecular complexity index is 1520. The number of carbonyl (C=O) groups is 2. The number of nitrogens with zero attached hydrogens (tertiary/aromatic N) is 2. The number of halogens is 3. The monoisotopic (exact) mass is 796 g/mol. The lowest BCUT2D eigenvalue weighted by Crippen LogP contribution is -2.41. The maximum atomic E-state index is 12.5. The third-order valence-corrected chi connectivity index (χ3v) is 9.39. The van der Waals surface area contributed by atoms with E-state index >= 15 is 0 Å². The van der Waals surface area contributed by atoms with Crippen molar-refractivity contribution in [1.82, 2.24) is 9.80 Å². The summed E-state index contributed by atoms with van der Waals surface area (Å²) >= 11 is 13.6. The number of hydrogen-bond donors (Lipinski definition) is 0. The van der Waals surface area contributed by atoms with Crippen LogP contribution in [0.15, 0.2) is 28.7 Å². The SMILES string of the molecule is CC(Cl)Cl.Cc1cc(B2OC(C)(C)C(C)(C)O2)cc2c1CCN(C(=O)OC(C)(C)C)C2.Cc1cc(Br)cc2c1CCN(C(=O)OC(C)(C)C)C2. The van der Waals surface area contributed by atoms with Crippen LogP contribution in [-0.2, 0) is 44.7 Å². The summed E-state index contributed by atoms with van der Waals surface area (Å²) in [4.78, 5) is 27.9. The molecular formula is C38H56BBrCl2N2O6. The van der Waals surface area contributed by atoms with Gasteiger partial charge in [0.2, 0.25) is 0 Å². The highest BCUT2D eigenvalue weighted by molar-refractivity contribution is 9.10. The lowest BCUT2D eigenvalue weighted by Gasteiger charge is -2.32. The summed E-state index contributed by atoms with van der Waals surface area (Å²) in [5.74, 6) is 0. The van der Waals surface area contributed by atoms with E-state index in [9.17, 15) is 9.59 Å². The Hall–Kier alpha value is -1.98. The van der Waals surface area contributed by atoms with Gasteiger partial charge in [0.1, 0.15) is 16.0 Å². The number of aryl methyl sites for hydroxylation is 2. The van der Waals surface area contributed by atoms with Crippen LogP contribution in [0, 0.1) is 13.8 Å². The fraction of sp³-hybridized carbons (Fsp3) is 0.632. The van der Waals surface area contributed by atoms with Gasteiger partial charge >= 0.3 is 19.3 Å². The number of rotatable bonds is 1. The maximum absolute atomic E-state index is 12.5. The van der Waals surface area contributed by atoms with E-state index in [1.165, 1.54) is 27.8 Å². The Kier molecular flexibility index (Phi) is 13.9. The largest absolute Gasteiger partial charge is 0.494 e. The number of benzene rings is 2. The minimum Gasteiger partial charge on any atom is -0.444 e. The van der Waals surface area contributed by atoms with Crippen LogP contribution in [0.4, 0.5) is 9.59 Å². The van der Waals surface area contributed by atoms with E-state index in [-0.39, 0.29) is 28.2 Å². The molecule has 2 aromatic rings. The highest BCUT2D eigenvalue weighted by Gasteiger charge is 2.52. The summed E-state index contributed by atoms with van der Waals surface area (Å²) in [6.07, 6.45) is 1.25. The van der Waals surface area contributed by atoms with Crippen LogP contribution >= 0.6 is 39.1 Å². The fourth-order valence-corrected chi connectivity index (χ4v) is 6.52. The van der Waals surface area contributed by atoms with Crippen LogP contribution in [0.3, 0.4) is 0 Å². The van der Waals surface area contributed by atoms with Gasteiger partial charge in [0.05, 0.1) is 11.2 Å². The number of carbonyl (C=O) groups excluding carboxylic acids is 2. The molecule has 278 valence electrons. The average Bonchev–Trinajstić information content (AvgIpc) is 3.16. The first-order valence-electron chi connectivity index (χ1n) is 17.3. The van der Waals surface area contributed by atoms with Crippen LogP contribution < -0.4 is 5.46 Å². The van der Waals surface area contributed by atoms with Crippen molar-refractivity contribution in [3.8, 4) is 0 Å². The zero-order valence-electron chi connectivity index (χ0n) is 32.2. The first-order chi connectivity index (χ1) is 22.8. The summed E-state index contributed by atoms with van der Waals surface area (Å²) in [6.45, 7) is 28.1. The van der Waals surface area contributed by atoms with Gasteiger partial charge in [0.15, 0.2) is 0 Å². The number of fused-ring (bicyclic) bond motifs is 2. The zero-order valence-corrected chi connectivity index (χ0v) is 35.3. The van der Waals surface area contributed by atoms with E-state index in [1.54, 1.807) is 16.7 Å². The Morgan fingerprint density at radius 2 is 1.16 bits per heavy atom. The third kappa shape index (κ3) is 11.8. The third-order valence-electron chi connectivity index (χ3n) is 8.93. The van der Waals surface area contributed by atoms with Crippen LogP contribution in [0.25, 0.3) is 0 Å². The minimum atomic E-state index is -0.488. The smallest absolute Gasteiger partial charge is 0.444 e. The molecular weight excluding hydrogens is 742 g/mol. The quantitative estimate of drug-likeness (QED) is 0.212. The van der Waals surface area contributed by atoms with E-state index in [0.29, 0.717) is 19.6 Å². The molecule has 5 rings (SSSR count). The molecule has 3 heterocycles. The molecule has 0 saturated carbocycles. The van der Waals surface area contributed by atoms with Gasteiger partial charge in [-0.3, -0.25) is 0 Å². The molecule has 12 heteroatoms. The Morgan fingerprint density at radius 1 is 0.780 bits per heavy atom. The molecule has 3 aliphatic rings. The average molecular weight is 798 g/mol. The van der Waals surface area contributed by atoms with Crippen LogP contribution in [0.2, 0.25) is 0 Å². The topological polar surface area (TPSA) is 77.5 Å². The molecule has 0 bridgehead atoms. The molecule has 0 atom stereocenters. The summed E-state index contributed by atoms with van der Waals surface area (Å²) in [5.41, 5.74) is 6.89. The molecule has 1 fully saturated rings. The summed E-state index contributed by atoms with van der Waals surface area (Å²) < 4.78 is 24.5. The molecule has 50 heavy (non-hydrogen) atoms. The van der Waals surface area contributed by atoms with Crippen molar-refractivity contribution >= 4 is 63.9 Å². The fourth-order valence-electron chi connectivity index (χ4n) is 5.90. The highest BCUT2D eigenvalue weighted by atomic mass is 79.9. The number of alkyl halides is 2. The molecule has 8 nitrogen and oxygen atoms in total. The van der Waals surface area contributed by atoms with E-state index in [0.717, 1.165) is 34.9 Å². The van der Waals surface area contributed by atoms with Gasteiger partial charge in [-0.1, -0.05) is 28.1 Å². The van der Waals surface area contributed by atoms with Gasteiger partial charge in [-0.05, 0) is 154 Å². The molecule has 2 amide bonds. The van der Waals surface area contributed by atoms with Crippen LogP contribution in [0.5, 0.6) is 0 Å². The summed E-state index contributed by atoms with van der Waals surface area (Å²) in [7, 11) is -0.393. The first kappa shape index (κ1) is 42.4. The molecule has 1 saturated heterocycles. The lowest BCUT2D eigenvalue weighted by atomic mass is 9.75. The zero-order chi connectivity index (χ0) is 38.0. The molecule has 0 spiro atoms. The molecule has 0 N–H and O–H groups in total. The van der Waals surface area contributed by atoms with E-state index in [1.807, 2.05) is 41.5 Å². The van der Waals surface area contributed by atoms with Crippen molar-refractivity contribution in [3.05, 3.63) is 62.1 Å². The van der Waals surface area contributed by atoms with E-state index in [4.69, 9.17) is 42.0 Å². The van der Waals surface area contributed by atoms with Gasteiger partial charge in [0.25, 0.3) is 0 Å². The van der Waals surface area contributed by atoms with Gasteiger partial charge in [-0.15, -0.1) is 23.2 Å². The second kappa shape index (κ2) is 16.4. The molecule has 0 aliphatic carbocycles. The van der Waals surface area contributed by atoms with Gasteiger partial charge in [-0.25, -0.2) is 9.59 Å². The number of hydrogen-bond acceptors (Lipinski definition) is 6. The van der Waals surface area contributed by atoms with Crippen LogP contribution in [0.1, 0.15) is 110 Å². The maximum Gasteiger partial charge on any atom is 0.494 e. The minimum absolute atomic E-state index is 0.222. The normalized spacial score (nSPS) is 17.9. The Morgan fingerprint density at radius 3 is 1.56 bits per heavy atom. The van der Waals surface area contributed by atoms with Crippen molar-refractivity contribution in [2.75, 3.05) is 13.1 Å². The van der Waals surface area contributed by atoms with E-state index < -0.39 is 18.3 Å². The van der Waals surface area contributed by atoms with Crippen molar-refractivity contribution in [1.29, 1.82) is 0 Å². The van der Waals surface area contributed by atoms with Gasteiger partial charge in [0, 0.05) is 30.7 Å². The van der Waals surface area contributed by atoms with Crippen LogP contribution in [-0.4, -0.2) is 69.4 Å². The van der Waals surface area contributed by atoms with Crippen molar-refractivity contribution in [2.24, 2.45) is 0 Å². The van der Waals surface area contributed by atoms with Gasteiger partial charge < -0.3 is 28.6 Å². The summed E-state index contributed by atoms with van der Waals surface area (Å²) in [6, 6.07) is 8.51. The van der Waals surface area contributed by atoms with Crippen molar-refractivity contribution in [3.63, 3.8) is 0 Å². The second-order valence-electron chi connectivity index (χ2n) is 16.2. The Labute approximate surface area is 319 Å². The number of ether oxygens (including phenoxy) is 2. The predicted molar refractivity (Wildman–Crippen MR) is 208 cm³/mol. The van der Waals surface area contributed by atoms with Gasteiger partial charge in [-0.2, -0.15) is 0 Å². The highest BCUT2D eigenvalue weighted by Crippen LogP contribution is 2.37. The molecule has 2 aromatic carbocycles. The number of amides is 2. The van der Waals surface area contributed by atoms with Crippen molar-refractivity contribution in [2.45, 2.75) is 143 Å². The van der Waals surface area contributed by atoms with Crippen molar-refractivity contribution < 1.29 is 28.4 Å². The molecule has 0 radical (unpaired) electrons. The first-order valence-corrected chi connectivity index (χ1v) is 18.9. The van der Waals surface area contributed by atoms with E-state index in [2.05, 4.69) is 81.7 Å². The Balaban J connectivity index is 0.000000256. The lowest BCUT2D eigenvalue weighted by molar-refractivity contribution is 0.00578. The molecule has 0 unspecified atom stereocenters. The molecule has 0 aromatic heterocycles. The predicted octanol–water partition coefficient (Wildman–Crippen LogP) is 9.45. The summed E-state index contributed by atoms with van der Waals surface area (Å²) in [5, 5.41) is 0. The second-order valence-corrected chi connectivity index (χ2v) is 18.7. The standard InChI is InChI=1S/C21H32BNO4.C15H20BrNO2.C2H4Cl2/c1-14-11-16(22-26-20(5,6)21(7,8)27-22)12-15-13-23(10-9-17(14)15)18(24)25-19(2,3)4;1-10-7-12(16)8-11-9-17(6-5-13(10)11)14(18)19-15(2,3)4;1-2(3)4/h11-12H,9-10,13H2,1-8H3;7-8H,5-6,9H2,1-4H3;2H,1H3. The molecule has 3 aliphatic heterocycles.